The van der Waals surface area contributed by atoms with Gasteiger partial charge >= 0.3 is 0 Å². The molecule has 0 spiro atoms. The van der Waals surface area contributed by atoms with Crippen molar-refractivity contribution >= 4 is 17.5 Å². The Bertz CT molecular complexity index is 978. The Balaban J connectivity index is 1.40. The first-order valence-electron chi connectivity index (χ1n) is 9.84. The van der Waals surface area contributed by atoms with E-state index in [0.29, 0.717) is 30.4 Å². The number of nitrogens with zero attached hydrogens (tertiary/aromatic N) is 1. The number of benzene rings is 2. The number of hydrogen-bond acceptors (Lipinski definition) is 5. The zero-order valence-electron chi connectivity index (χ0n) is 17.1. The second-order valence-electron chi connectivity index (χ2n) is 6.77. The van der Waals surface area contributed by atoms with Gasteiger partial charge in [0.05, 0.1) is 19.3 Å². The molecule has 7 nitrogen and oxygen atoms in total. The molecule has 0 radical (unpaired) electrons. The second-order valence-corrected chi connectivity index (χ2v) is 6.77. The predicted octanol–water partition coefficient (Wildman–Crippen LogP) is 3.74. The number of aromatic nitrogens is 1. The first kappa shape index (κ1) is 21.1. The number of ether oxygens (including phenoxy) is 1. The smallest absolute Gasteiger partial charge is 0.243 e. The number of anilines is 1. The summed E-state index contributed by atoms with van der Waals surface area (Å²) in [5, 5.41) is 5.33. The third kappa shape index (κ3) is 6.20. The normalized spacial score (nSPS) is 10.5. The van der Waals surface area contributed by atoms with Crippen LogP contribution >= 0.6 is 0 Å². The number of aryl methyl sites for hydroxylation is 2. The first-order chi connectivity index (χ1) is 14.5. The van der Waals surface area contributed by atoms with Crippen LogP contribution in [0.4, 0.5) is 5.69 Å². The van der Waals surface area contributed by atoms with Crippen molar-refractivity contribution in [3.05, 3.63) is 66.2 Å². The van der Waals surface area contributed by atoms with E-state index in [1.807, 2.05) is 38.1 Å². The molecule has 0 atom stereocenters. The third-order valence-corrected chi connectivity index (χ3v) is 4.35. The van der Waals surface area contributed by atoms with Crippen LogP contribution in [0.25, 0.3) is 11.3 Å². The zero-order chi connectivity index (χ0) is 21.3. The molecule has 7 heteroatoms. The Morgan fingerprint density at radius 2 is 1.77 bits per heavy atom. The summed E-state index contributed by atoms with van der Waals surface area (Å²) in [7, 11) is 0. The van der Waals surface area contributed by atoms with Crippen molar-refractivity contribution in [2.75, 3.05) is 18.5 Å². The molecular formula is C23H25N3O4. The molecule has 0 aliphatic carbocycles. The van der Waals surface area contributed by atoms with Crippen LogP contribution in [0, 0.1) is 6.92 Å². The van der Waals surface area contributed by atoms with Gasteiger partial charge in [-0.1, -0.05) is 29.8 Å². The summed E-state index contributed by atoms with van der Waals surface area (Å²) in [6, 6.07) is 15.0. The topological polar surface area (TPSA) is 93.5 Å². The molecule has 0 aliphatic heterocycles. The molecule has 0 bridgehead atoms. The van der Waals surface area contributed by atoms with Crippen LogP contribution in [0.1, 0.15) is 24.8 Å². The maximum atomic E-state index is 12.0. The largest absolute Gasteiger partial charge is 0.494 e. The Kier molecular flexibility index (Phi) is 7.21. The fourth-order valence-corrected chi connectivity index (χ4v) is 2.77. The molecule has 3 rings (SSSR count). The van der Waals surface area contributed by atoms with Crippen molar-refractivity contribution in [3.63, 3.8) is 0 Å². The van der Waals surface area contributed by atoms with Crippen LogP contribution in [-0.4, -0.2) is 29.9 Å². The van der Waals surface area contributed by atoms with Gasteiger partial charge in [-0.2, -0.15) is 0 Å². The average Bonchev–Trinajstić information content (AvgIpc) is 3.22. The summed E-state index contributed by atoms with van der Waals surface area (Å²) in [5.41, 5.74) is 2.75. The van der Waals surface area contributed by atoms with Crippen molar-refractivity contribution in [2.24, 2.45) is 0 Å². The molecule has 0 saturated heterocycles. The quantitative estimate of drug-likeness (QED) is 0.564. The van der Waals surface area contributed by atoms with Crippen LogP contribution < -0.4 is 15.4 Å². The Hall–Kier alpha value is -3.61. The van der Waals surface area contributed by atoms with E-state index in [2.05, 4.69) is 15.6 Å². The van der Waals surface area contributed by atoms with Crippen LogP contribution in [0.5, 0.6) is 5.75 Å². The Morgan fingerprint density at radius 1 is 1.03 bits per heavy atom. The number of amides is 2. The minimum Gasteiger partial charge on any atom is -0.494 e. The summed E-state index contributed by atoms with van der Waals surface area (Å²) in [6.07, 6.45) is 2.20. The monoisotopic (exact) mass is 407 g/mol. The van der Waals surface area contributed by atoms with Gasteiger partial charge in [-0.15, -0.1) is 0 Å². The molecule has 0 fully saturated rings. The number of carbonyl (C=O) groups excluding carboxylic acids is 2. The lowest BCUT2D eigenvalue weighted by molar-refractivity contribution is -0.124. The number of hydrogen-bond donors (Lipinski definition) is 2. The molecule has 0 saturated carbocycles. The lowest BCUT2D eigenvalue weighted by Gasteiger charge is -2.08. The molecule has 0 unspecified atom stereocenters. The van der Waals surface area contributed by atoms with E-state index in [1.165, 1.54) is 5.56 Å². The third-order valence-electron chi connectivity index (χ3n) is 4.35. The Labute approximate surface area is 175 Å². The second kappa shape index (κ2) is 10.2. The predicted molar refractivity (Wildman–Crippen MR) is 114 cm³/mol. The molecule has 2 aromatic carbocycles. The minimum absolute atomic E-state index is 0.105. The molecule has 1 heterocycles. The number of oxazole rings is 1. The van der Waals surface area contributed by atoms with E-state index in [1.54, 1.807) is 30.5 Å². The van der Waals surface area contributed by atoms with E-state index < -0.39 is 0 Å². The van der Waals surface area contributed by atoms with Crippen molar-refractivity contribution < 1.29 is 18.7 Å². The summed E-state index contributed by atoms with van der Waals surface area (Å²) in [6.45, 7) is 4.40. The highest BCUT2D eigenvalue weighted by Gasteiger charge is 2.10. The lowest BCUT2D eigenvalue weighted by atomic mass is 10.1. The molecule has 2 N–H and O–H groups in total. The number of carbonyl (C=O) groups is 2. The summed E-state index contributed by atoms with van der Waals surface area (Å²) in [4.78, 5) is 28.2. The summed E-state index contributed by atoms with van der Waals surface area (Å²) >= 11 is 0. The molecule has 0 aliphatic rings. The standard InChI is InChI=1S/C23H25N3O4/c1-3-29-19-10-8-18(9-11-19)26-22(28)15-24-21(27)12-13-23-25-14-20(30-23)17-6-4-16(2)5-7-17/h4-11,14H,3,12-13,15H2,1-2H3,(H,24,27)(H,26,28). The average molecular weight is 407 g/mol. The Morgan fingerprint density at radius 3 is 2.47 bits per heavy atom. The van der Waals surface area contributed by atoms with E-state index >= 15 is 0 Å². The van der Waals surface area contributed by atoms with Gasteiger partial charge in [0.25, 0.3) is 0 Å². The molecule has 1 aromatic heterocycles. The fraction of sp³-hybridized carbons (Fsp3) is 0.261. The molecule has 156 valence electrons. The SMILES string of the molecule is CCOc1ccc(NC(=O)CNC(=O)CCc2ncc(-c3ccc(C)cc3)o2)cc1. The molecule has 30 heavy (non-hydrogen) atoms. The van der Waals surface area contributed by atoms with Crippen LogP contribution in [0.15, 0.2) is 59.1 Å². The fourth-order valence-electron chi connectivity index (χ4n) is 2.77. The van der Waals surface area contributed by atoms with Gasteiger partial charge in [0.1, 0.15) is 5.75 Å². The van der Waals surface area contributed by atoms with Crippen molar-refractivity contribution in [2.45, 2.75) is 26.7 Å². The summed E-state index contributed by atoms with van der Waals surface area (Å²) < 4.78 is 11.1. The highest BCUT2D eigenvalue weighted by molar-refractivity contribution is 5.94. The van der Waals surface area contributed by atoms with Gasteiger partial charge in [0, 0.05) is 24.1 Å². The van der Waals surface area contributed by atoms with Crippen molar-refractivity contribution in [1.82, 2.24) is 10.3 Å². The number of rotatable bonds is 9. The van der Waals surface area contributed by atoms with Crippen LogP contribution in [-0.2, 0) is 16.0 Å². The summed E-state index contributed by atoms with van der Waals surface area (Å²) in [5.74, 6) is 1.35. The van der Waals surface area contributed by atoms with Crippen LogP contribution in [0.2, 0.25) is 0 Å². The van der Waals surface area contributed by atoms with E-state index in [-0.39, 0.29) is 24.8 Å². The van der Waals surface area contributed by atoms with E-state index in [4.69, 9.17) is 9.15 Å². The van der Waals surface area contributed by atoms with Gasteiger partial charge in [-0.05, 0) is 38.1 Å². The minimum atomic E-state index is -0.301. The van der Waals surface area contributed by atoms with Gasteiger partial charge in [0.2, 0.25) is 11.8 Å². The van der Waals surface area contributed by atoms with Crippen LogP contribution in [0.3, 0.4) is 0 Å². The van der Waals surface area contributed by atoms with E-state index in [9.17, 15) is 9.59 Å². The van der Waals surface area contributed by atoms with Gasteiger partial charge < -0.3 is 19.8 Å². The number of nitrogens with one attached hydrogen (secondary N) is 2. The van der Waals surface area contributed by atoms with Gasteiger partial charge in [-0.3, -0.25) is 9.59 Å². The van der Waals surface area contributed by atoms with Gasteiger partial charge in [0.15, 0.2) is 11.7 Å². The van der Waals surface area contributed by atoms with Gasteiger partial charge in [-0.25, -0.2) is 4.98 Å². The van der Waals surface area contributed by atoms with Crippen molar-refractivity contribution in [1.29, 1.82) is 0 Å². The first-order valence-corrected chi connectivity index (χ1v) is 9.84. The highest BCUT2D eigenvalue weighted by atomic mass is 16.5. The lowest BCUT2D eigenvalue weighted by Crippen LogP contribution is -2.32. The van der Waals surface area contributed by atoms with E-state index in [0.717, 1.165) is 11.3 Å². The molecule has 2 amide bonds. The van der Waals surface area contributed by atoms with Crippen molar-refractivity contribution in [3.8, 4) is 17.1 Å². The maximum Gasteiger partial charge on any atom is 0.243 e. The maximum absolute atomic E-state index is 12.0. The highest BCUT2D eigenvalue weighted by Crippen LogP contribution is 2.21. The molecule has 3 aromatic rings. The zero-order valence-corrected chi connectivity index (χ0v) is 17.1. The molecular weight excluding hydrogens is 382 g/mol.